The van der Waals surface area contributed by atoms with E-state index in [1.165, 1.54) is 6.07 Å². The summed E-state index contributed by atoms with van der Waals surface area (Å²) in [6.45, 7) is 0. The van der Waals surface area contributed by atoms with Crippen LogP contribution < -0.4 is 10.1 Å². The molecule has 0 aliphatic heterocycles. The SMILES string of the molecule is CNC(Cc1cc(Br)ccc1OC)c1cccc(F)c1F. The summed E-state index contributed by atoms with van der Waals surface area (Å²) in [4.78, 5) is 0. The zero-order valence-corrected chi connectivity index (χ0v) is 13.4. The summed E-state index contributed by atoms with van der Waals surface area (Å²) < 4.78 is 33.6. The Morgan fingerprint density at radius 1 is 1.24 bits per heavy atom. The highest BCUT2D eigenvalue weighted by Gasteiger charge is 2.19. The number of benzene rings is 2. The molecule has 2 nitrogen and oxygen atoms in total. The van der Waals surface area contributed by atoms with Crippen LogP contribution in [0.3, 0.4) is 0 Å². The summed E-state index contributed by atoms with van der Waals surface area (Å²) in [6, 6.07) is 9.50. The smallest absolute Gasteiger partial charge is 0.163 e. The first-order valence-corrected chi connectivity index (χ1v) is 7.29. The van der Waals surface area contributed by atoms with E-state index in [-0.39, 0.29) is 6.04 Å². The molecule has 0 saturated carbocycles. The molecule has 0 amide bonds. The fourth-order valence-corrected chi connectivity index (χ4v) is 2.69. The van der Waals surface area contributed by atoms with Crippen LogP contribution in [0.4, 0.5) is 8.78 Å². The van der Waals surface area contributed by atoms with Crippen molar-refractivity contribution in [1.29, 1.82) is 0 Å². The third kappa shape index (κ3) is 3.60. The molecule has 0 bridgehead atoms. The van der Waals surface area contributed by atoms with Gasteiger partial charge in [-0.2, -0.15) is 0 Å². The van der Waals surface area contributed by atoms with Gasteiger partial charge in [0.05, 0.1) is 7.11 Å². The highest BCUT2D eigenvalue weighted by Crippen LogP contribution is 2.29. The van der Waals surface area contributed by atoms with Crippen LogP contribution in [0.1, 0.15) is 17.2 Å². The van der Waals surface area contributed by atoms with E-state index in [0.29, 0.717) is 12.0 Å². The predicted octanol–water partition coefficient (Wildman–Crippen LogP) is 4.24. The van der Waals surface area contributed by atoms with Gasteiger partial charge in [0.25, 0.3) is 0 Å². The summed E-state index contributed by atoms with van der Waals surface area (Å²) in [5.41, 5.74) is 1.22. The summed E-state index contributed by atoms with van der Waals surface area (Å²) in [5.74, 6) is -0.935. The van der Waals surface area contributed by atoms with E-state index in [1.807, 2.05) is 18.2 Å². The van der Waals surface area contributed by atoms with E-state index in [0.717, 1.165) is 21.9 Å². The van der Waals surface area contributed by atoms with Crippen LogP contribution in [-0.2, 0) is 6.42 Å². The van der Waals surface area contributed by atoms with Crippen LogP contribution in [0.2, 0.25) is 0 Å². The lowest BCUT2D eigenvalue weighted by Gasteiger charge is -2.19. The van der Waals surface area contributed by atoms with Gasteiger partial charge in [-0.3, -0.25) is 0 Å². The van der Waals surface area contributed by atoms with Gasteiger partial charge >= 0.3 is 0 Å². The zero-order valence-electron chi connectivity index (χ0n) is 11.8. The Hall–Kier alpha value is -1.46. The second kappa shape index (κ2) is 7.00. The number of methoxy groups -OCH3 is 1. The summed E-state index contributed by atoms with van der Waals surface area (Å²) in [5, 5.41) is 3.03. The molecule has 0 spiro atoms. The molecule has 1 atom stereocenters. The molecule has 1 unspecified atom stereocenters. The molecule has 21 heavy (non-hydrogen) atoms. The quantitative estimate of drug-likeness (QED) is 0.865. The summed E-state index contributed by atoms with van der Waals surface area (Å²) in [6.07, 6.45) is 0.486. The van der Waals surface area contributed by atoms with Crippen molar-refractivity contribution in [3.8, 4) is 5.75 Å². The van der Waals surface area contributed by atoms with Crippen molar-refractivity contribution >= 4 is 15.9 Å². The van der Waals surface area contributed by atoms with Crippen LogP contribution in [0.15, 0.2) is 40.9 Å². The van der Waals surface area contributed by atoms with Gasteiger partial charge in [0.2, 0.25) is 0 Å². The standard InChI is InChI=1S/C16H16BrF2NO/c1-20-14(12-4-3-5-13(18)16(12)19)9-10-8-11(17)6-7-15(10)21-2/h3-8,14,20H,9H2,1-2H3. The number of likely N-dealkylation sites (N-methyl/N-ethyl adjacent to an activating group) is 1. The molecule has 112 valence electrons. The number of rotatable bonds is 5. The molecule has 0 aliphatic carbocycles. The number of nitrogens with one attached hydrogen (secondary N) is 1. The fraction of sp³-hybridized carbons (Fsp3) is 0.250. The van der Waals surface area contributed by atoms with Crippen molar-refractivity contribution in [3.05, 3.63) is 63.6 Å². The van der Waals surface area contributed by atoms with Crippen molar-refractivity contribution in [2.24, 2.45) is 0 Å². The molecule has 0 heterocycles. The van der Waals surface area contributed by atoms with E-state index in [1.54, 1.807) is 20.2 Å². The van der Waals surface area contributed by atoms with E-state index in [4.69, 9.17) is 4.74 Å². The van der Waals surface area contributed by atoms with E-state index in [9.17, 15) is 8.78 Å². The lowest BCUT2D eigenvalue weighted by atomic mass is 9.98. The second-order valence-electron chi connectivity index (χ2n) is 4.64. The Labute approximate surface area is 131 Å². The Balaban J connectivity index is 2.35. The zero-order chi connectivity index (χ0) is 15.4. The number of halogens is 3. The minimum atomic E-state index is -0.839. The van der Waals surface area contributed by atoms with Crippen molar-refractivity contribution in [2.75, 3.05) is 14.2 Å². The van der Waals surface area contributed by atoms with Gasteiger partial charge in [-0.1, -0.05) is 28.1 Å². The van der Waals surface area contributed by atoms with E-state index >= 15 is 0 Å². The van der Waals surface area contributed by atoms with Gasteiger partial charge in [0, 0.05) is 16.1 Å². The maximum Gasteiger partial charge on any atom is 0.163 e. The van der Waals surface area contributed by atoms with Gasteiger partial charge in [-0.15, -0.1) is 0 Å². The molecule has 0 radical (unpaired) electrons. The topological polar surface area (TPSA) is 21.3 Å². The molecular formula is C16H16BrF2NO. The fourth-order valence-electron chi connectivity index (χ4n) is 2.28. The molecule has 0 aliphatic rings. The van der Waals surface area contributed by atoms with Gasteiger partial charge < -0.3 is 10.1 Å². The summed E-state index contributed by atoms with van der Waals surface area (Å²) in [7, 11) is 3.31. The minimum absolute atomic E-state index is 0.305. The Bertz CT molecular complexity index is 634. The van der Waals surface area contributed by atoms with Crippen LogP contribution in [0.25, 0.3) is 0 Å². The van der Waals surface area contributed by atoms with E-state index in [2.05, 4.69) is 21.2 Å². The Morgan fingerprint density at radius 3 is 2.67 bits per heavy atom. The van der Waals surface area contributed by atoms with Gasteiger partial charge in [0.15, 0.2) is 11.6 Å². The maximum atomic E-state index is 13.9. The molecule has 2 rings (SSSR count). The minimum Gasteiger partial charge on any atom is -0.496 e. The monoisotopic (exact) mass is 355 g/mol. The van der Waals surface area contributed by atoms with E-state index < -0.39 is 11.6 Å². The number of hydrogen-bond acceptors (Lipinski definition) is 2. The van der Waals surface area contributed by atoms with Gasteiger partial charge in [-0.25, -0.2) is 8.78 Å². The summed E-state index contributed by atoms with van der Waals surface area (Å²) >= 11 is 3.41. The van der Waals surface area contributed by atoms with Crippen molar-refractivity contribution in [2.45, 2.75) is 12.5 Å². The van der Waals surface area contributed by atoms with Gasteiger partial charge in [0.1, 0.15) is 5.75 Å². The van der Waals surface area contributed by atoms with Gasteiger partial charge in [-0.05, 0) is 43.3 Å². The van der Waals surface area contributed by atoms with Crippen molar-refractivity contribution in [1.82, 2.24) is 5.32 Å². The predicted molar refractivity (Wildman–Crippen MR) is 82.6 cm³/mol. The third-order valence-electron chi connectivity index (χ3n) is 3.37. The first-order chi connectivity index (χ1) is 10.1. The maximum absolute atomic E-state index is 13.9. The largest absolute Gasteiger partial charge is 0.496 e. The molecule has 0 fully saturated rings. The first-order valence-electron chi connectivity index (χ1n) is 6.50. The normalized spacial score (nSPS) is 12.2. The van der Waals surface area contributed by atoms with Crippen LogP contribution >= 0.6 is 15.9 Å². The van der Waals surface area contributed by atoms with Crippen molar-refractivity contribution in [3.63, 3.8) is 0 Å². The molecule has 5 heteroatoms. The first kappa shape index (κ1) is 15.9. The molecule has 1 N–H and O–H groups in total. The molecule has 0 aromatic heterocycles. The molecule has 0 saturated heterocycles. The average Bonchev–Trinajstić information content (AvgIpc) is 2.48. The highest BCUT2D eigenvalue weighted by molar-refractivity contribution is 9.10. The highest BCUT2D eigenvalue weighted by atomic mass is 79.9. The molecule has 2 aromatic carbocycles. The lowest BCUT2D eigenvalue weighted by molar-refractivity contribution is 0.405. The van der Waals surface area contributed by atoms with Crippen molar-refractivity contribution < 1.29 is 13.5 Å². The lowest BCUT2D eigenvalue weighted by Crippen LogP contribution is -2.20. The molecular weight excluding hydrogens is 340 g/mol. The Morgan fingerprint density at radius 2 is 2.00 bits per heavy atom. The number of hydrogen-bond donors (Lipinski definition) is 1. The average molecular weight is 356 g/mol. The third-order valence-corrected chi connectivity index (χ3v) is 3.87. The van der Waals surface area contributed by atoms with Crippen LogP contribution in [-0.4, -0.2) is 14.2 Å². The second-order valence-corrected chi connectivity index (χ2v) is 5.56. The number of ether oxygens (including phenoxy) is 1. The van der Waals surface area contributed by atoms with Crippen LogP contribution in [0.5, 0.6) is 5.75 Å². The van der Waals surface area contributed by atoms with Crippen LogP contribution in [0, 0.1) is 11.6 Å². The molecule has 2 aromatic rings. The Kier molecular flexibility index (Phi) is 5.31.